The van der Waals surface area contributed by atoms with Crippen LogP contribution in [0.5, 0.6) is 0 Å². The molecule has 0 bridgehead atoms. The van der Waals surface area contributed by atoms with E-state index in [9.17, 15) is 9.18 Å². The number of nitrogens with zero attached hydrogens (tertiary/aromatic N) is 1. The van der Waals surface area contributed by atoms with Crippen LogP contribution in [0.3, 0.4) is 0 Å². The largest absolute Gasteiger partial charge is 0.481 e. The summed E-state index contributed by atoms with van der Waals surface area (Å²) in [5, 5.41) is 21.2. The van der Waals surface area contributed by atoms with Crippen molar-refractivity contribution in [3.05, 3.63) is 35.1 Å². The van der Waals surface area contributed by atoms with Gasteiger partial charge in [0.1, 0.15) is 5.82 Å². The van der Waals surface area contributed by atoms with Gasteiger partial charge in [-0.25, -0.2) is 4.39 Å². The van der Waals surface area contributed by atoms with Crippen LogP contribution in [-0.2, 0) is 11.3 Å². The highest BCUT2D eigenvalue weighted by molar-refractivity contribution is 5.70. The lowest BCUT2D eigenvalue weighted by Crippen LogP contribution is -2.29. The Kier molecular flexibility index (Phi) is 4.70. The number of hydrogen-bond donors (Lipinski definition) is 2. The number of nitriles is 1. The number of hydrogen-bond acceptors (Lipinski definition) is 3. The second-order valence-electron chi connectivity index (χ2n) is 5.18. The van der Waals surface area contributed by atoms with Crippen molar-refractivity contribution >= 4 is 5.97 Å². The first kappa shape index (κ1) is 14.5. The van der Waals surface area contributed by atoms with E-state index in [-0.39, 0.29) is 17.7 Å². The number of benzene rings is 1. The van der Waals surface area contributed by atoms with Crippen LogP contribution in [0.15, 0.2) is 18.2 Å². The summed E-state index contributed by atoms with van der Waals surface area (Å²) in [7, 11) is 0. The lowest BCUT2D eigenvalue weighted by Gasteiger charge is -2.16. The predicted octanol–water partition coefficient (Wildman–Crippen LogP) is 2.29. The van der Waals surface area contributed by atoms with E-state index in [4.69, 9.17) is 10.4 Å². The lowest BCUT2D eigenvalue weighted by molar-refractivity contribution is -0.142. The second kappa shape index (κ2) is 6.49. The molecule has 0 saturated heterocycles. The van der Waals surface area contributed by atoms with Crippen molar-refractivity contribution in [1.29, 1.82) is 5.26 Å². The summed E-state index contributed by atoms with van der Waals surface area (Å²) >= 11 is 0. The Balaban J connectivity index is 1.92. The number of carboxylic acids is 1. The number of aliphatic carboxylic acids is 1. The molecule has 4 nitrogen and oxygen atoms in total. The van der Waals surface area contributed by atoms with Gasteiger partial charge in [0.05, 0.1) is 17.6 Å². The Hall–Kier alpha value is -1.93. The van der Waals surface area contributed by atoms with Crippen LogP contribution in [-0.4, -0.2) is 17.6 Å². The van der Waals surface area contributed by atoms with Crippen molar-refractivity contribution in [2.75, 3.05) is 6.54 Å². The van der Waals surface area contributed by atoms with E-state index in [0.717, 1.165) is 19.3 Å². The Morgan fingerprint density at radius 2 is 2.30 bits per heavy atom. The molecule has 1 aromatic carbocycles. The topological polar surface area (TPSA) is 73.1 Å². The minimum atomic E-state index is -0.738. The van der Waals surface area contributed by atoms with Gasteiger partial charge < -0.3 is 10.4 Å². The zero-order valence-corrected chi connectivity index (χ0v) is 11.1. The number of halogens is 1. The molecule has 1 saturated carbocycles. The third-order valence-electron chi connectivity index (χ3n) is 3.89. The smallest absolute Gasteiger partial charge is 0.306 e. The van der Waals surface area contributed by atoms with Crippen molar-refractivity contribution in [3.63, 3.8) is 0 Å². The molecule has 2 unspecified atom stereocenters. The summed E-state index contributed by atoms with van der Waals surface area (Å²) in [4.78, 5) is 11.1. The van der Waals surface area contributed by atoms with E-state index in [1.807, 2.05) is 6.07 Å². The van der Waals surface area contributed by atoms with Crippen molar-refractivity contribution < 1.29 is 14.3 Å². The van der Waals surface area contributed by atoms with E-state index in [1.165, 1.54) is 18.2 Å². The van der Waals surface area contributed by atoms with Crippen molar-refractivity contribution in [3.8, 4) is 6.07 Å². The van der Waals surface area contributed by atoms with E-state index < -0.39 is 5.97 Å². The van der Waals surface area contributed by atoms with Gasteiger partial charge >= 0.3 is 5.97 Å². The highest BCUT2D eigenvalue weighted by Gasteiger charge is 2.32. The van der Waals surface area contributed by atoms with Gasteiger partial charge in [0.25, 0.3) is 0 Å². The van der Waals surface area contributed by atoms with E-state index in [0.29, 0.717) is 24.2 Å². The molecule has 0 radical (unpaired) electrons. The van der Waals surface area contributed by atoms with Gasteiger partial charge in [-0.1, -0.05) is 6.42 Å². The average Bonchev–Trinajstić information content (AvgIpc) is 2.87. The van der Waals surface area contributed by atoms with Gasteiger partial charge in [-0.2, -0.15) is 5.26 Å². The summed E-state index contributed by atoms with van der Waals surface area (Å²) in [6, 6.07) is 6.09. The highest BCUT2D eigenvalue weighted by Crippen LogP contribution is 2.31. The molecule has 20 heavy (non-hydrogen) atoms. The molecule has 0 aliphatic heterocycles. The van der Waals surface area contributed by atoms with Crippen LogP contribution in [0, 0.1) is 29.0 Å². The Labute approximate surface area is 117 Å². The standard InChI is InChI=1S/C15H17FN2O2/c16-13-5-4-10(7-17)12(6-13)9-18-8-11-2-1-3-14(11)15(19)20/h4-6,11,14,18H,1-3,8-9H2,(H,19,20). The Morgan fingerprint density at radius 1 is 1.50 bits per heavy atom. The molecule has 0 heterocycles. The summed E-state index contributed by atoms with van der Waals surface area (Å²) in [5.74, 6) is -1.28. The first-order chi connectivity index (χ1) is 9.61. The molecule has 5 heteroatoms. The van der Waals surface area contributed by atoms with Crippen LogP contribution in [0.1, 0.15) is 30.4 Å². The van der Waals surface area contributed by atoms with Crippen LogP contribution in [0.4, 0.5) is 4.39 Å². The Morgan fingerprint density at radius 3 is 3.00 bits per heavy atom. The highest BCUT2D eigenvalue weighted by atomic mass is 19.1. The molecule has 0 spiro atoms. The SMILES string of the molecule is N#Cc1ccc(F)cc1CNCC1CCCC1C(=O)O. The molecule has 0 aromatic heterocycles. The molecule has 1 aliphatic rings. The van der Waals surface area contributed by atoms with Crippen LogP contribution >= 0.6 is 0 Å². The minimum Gasteiger partial charge on any atom is -0.481 e. The van der Waals surface area contributed by atoms with Crippen molar-refractivity contribution in [2.24, 2.45) is 11.8 Å². The number of carbonyl (C=O) groups is 1. The third-order valence-corrected chi connectivity index (χ3v) is 3.89. The van der Waals surface area contributed by atoms with Gasteiger partial charge in [-0.3, -0.25) is 4.79 Å². The summed E-state index contributed by atoms with van der Waals surface area (Å²) in [6.07, 6.45) is 2.57. The first-order valence-corrected chi connectivity index (χ1v) is 6.74. The summed E-state index contributed by atoms with van der Waals surface area (Å²) < 4.78 is 13.2. The van der Waals surface area contributed by atoms with Crippen LogP contribution in [0.25, 0.3) is 0 Å². The van der Waals surface area contributed by atoms with E-state index in [1.54, 1.807) is 0 Å². The fourth-order valence-electron chi connectivity index (χ4n) is 2.82. The third kappa shape index (κ3) is 3.34. The van der Waals surface area contributed by atoms with Crippen molar-refractivity contribution in [1.82, 2.24) is 5.32 Å². The number of carboxylic acid groups (broad SMARTS) is 1. The normalized spacial score (nSPS) is 21.6. The van der Waals surface area contributed by atoms with Gasteiger partial charge in [-0.05, 0) is 49.1 Å². The van der Waals surface area contributed by atoms with Gasteiger partial charge in [0.15, 0.2) is 0 Å². The molecular formula is C15H17FN2O2. The maximum Gasteiger partial charge on any atom is 0.306 e. The van der Waals surface area contributed by atoms with E-state index in [2.05, 4.69) is 5.32 Å². The summed E-state index contributed by atoms with van der Waals surface area (Å²) in [5.41, 5.74) is 1.05. The van der Waals surface area contributed by atoms with Gasteiger partial charge in [-0.15, -0.1) is 0 Å². The lowest BCUT2D eigenvalue weighted by atomic mass is 9.96. The molecule has 2 rings (SSSR count). The van der Waals surface area contributed by atoms with Crippen LogP contribution < -0.4 is 5.32 Å². The zero-order chi connectivity index (χ0) is 14.5. The minimum absolute atomic E-state index is 0.117. The first-order valence-electron chi connectivity index (χ1n) is 6.74. The zero-order valence-electron chi connectivity index (χ0n) is 11.1. The molecule has 1 fully saturated rings. The van der Waals surface area contributed by atoms with Gasteiger partial charge in [0.2, 0.25) is 0 Å². The molecule has 106 valence electrons. The summed E-state index contributed by atoms with van der Waals surface area (Å²) in [6.45, 7) is 0.960. The van der Waals surface area contributed by atoms with Crippen LogP contribution in [0.2, 0.25) is 0 Å². The average molecular weight is 276 g/mol. The number of rotatable bonds is 5. The fraction of sp³-hybridized carbons (Fsp3) is 0.467. The molecule has 2 atom stereocenters. The predicted molar refractivity (Wildman–Crippen MR) is 71.3 cm³/mol. The maximum atomic E-state index is 13.2. The van der Waals surface area contributed by atoms with Gasteiger partial charge in [0, 0.05) is 6.54 Å². The molecule has 2 N–H and O–H groups in total. The molecule has 1 aromatic rings. The number of nitrogens with one attached hydrogen (secondary N) is 1. The van der Waals surface area contributed by atoms with E-state index >= 15 is 0 Å². The van der Waals surface area contributed by atoms with Crippen molar-refractivity contribution in [2.45, 2.75) is 25.8 Å². The monoisotopic (exact) mass is 276 g/mol. The fourth-order valence-corrected chi connectivity index (χ4v) is 2.82. The maximum absolute atomic E-state index is 13.2. The quantitative estimate of drug-likeness (QED) is 0.865. The molecule has 1 aliphatic carbocycles. The second-order valence-corrected chi connectivity index (χ2v) is 5.18. The molecular weight excluding hydrogens is 259 g/mol. The Bertz CT molecular complexity index is 539. The molecule has 0 amide bonds.